The number of anilines is 3. The van der Waals surface area contributed by atoms with Crippen molar-refractivity contribution >= 4 is 34.6 Å². The zero-order valence-corrected chi connectivity index (χ0v) is 26.2. The number of fused-ring (bicyclic) bond motifs is 1. The monoisotopic (exact) mass is 648 g/mol. The summed E-state index contributed by atoms with van der Waals surface area (Å²) < 4.78 is 34.4. The van der Waals surface area contributed by atoms with Crippen LogP contribution in [0.5, 0.6) is 17.2 Å². The molecule has 6 rings (SSSR count). The van der Waals surface area contributed by atoms with Crippen LogP contribution in [0.1, 0.15) is 46.8 Å². The number of hydrogen-bond donors (Lipinski definition) is 3. The number of halogens is 1. The molecule has 47 heavy (non-hydrogen) atoms. The number of ether oxygens (including phenoxy) is 3. The first-order chi connectivity index (χ1) is 22.7. The van der Waals surface area contributed by atoms with Gasteiger partial charge in [0.25, 0.3) is 0 Å². The lowest BCUT2D eigenvalue weighted by molar-refractivity contribution is 0.0694. The fraction of sp³-hybridized carbons (Fsp3) is 0.406. The topological polar surface area (TPSA) is 184 Å². The van der Waals surface area contributed by atoms with Crippen LogP contribution in [0, 0.1) is 5.82 Å². The number of nitrogens with two attached hydrogens (primary N) is 2. The maximum Gasteiger partial charge on any atom is 0.341 e. The van der Waals surface area contributed by atoms with E-state index in [1.54, 1.807) is 25.0 Å². The highest BCUT2D eigenvalue weighted by atomic mass is 19.1. The molecule has 0 amide bonds. The Balaban J connectivity index is 1.06. The summed E-state index contributed by atoms with van der Waals surface area (Å²) in [7, 11) is 3.13. The minimum absolute atomic E-state index is 0.0133. The minimum Gasteiger partial charge on any atom is -0.493 e. The number of hydrogen-bond acceptors (Lipinski definition) is 12. The Kier molecular flexibility index (Phi) is 8.98. The minimum atomic E-state index is -1.33. The van der Waals surface area contributed by atoms with Gasteiger partial charge in [-0.15, -0.1) is 0 Å². The van der Waals surface area contributed by atoms with Crippen molar-refractivity contribution in [2.45, 2.75) is 31.7 Å². The van der Waals surface area contributed by atoms with E-state index in [4.69, 9.17) is 25.7 Å². The molecule has 248 valence electrons. The first-order valence-corrected chi connectivity index (χ1v) is 15.4. The SMILES string of the molecule is COc1cc(Cc2cnc(N)nc2N)cc(OC)c1OCCCN1CCN(c2nc3c(cc2F)c(=O)c(C(=O)O)cn3C2CC2)CC1. The van der Waals surface area contributed by atoms with Crippen LogP contribution in [0.3, 0.4) is 0 Å². The fourth-order valence-electron chi connectivity index (χ4n) is 5.86. The van der Waals surface area contributed by atoms with Gasteiger partial charge in [-0.25, -0.2) is 19.2 Å². The smallest absolute Gasteiger partial charge is 0.341 e. The van der Waals surface area contributed by atoms with E-state index in [1.807, 2.05) is 17.0 Å². The van der Waals surface area contributed by atoms with Crippen molar-refractivity contribution in [3.8, 4) is 17.2 Å². The number of carboxylic acid groups (broad SMARTS) is 1. The van der Waals surface area contributed by atoms with E-state index in [-0.39, 0.29) is 28.8 Å². The second kappa shape index (κ2) is 13.3. The maximum absolute atomic E-state index is 15.3. The van der Waals surface area contributed by atoms with Crippen LogP contribution in [0.25, 0.3) is 11.0 Å². The quantitative estimate of drug-likeness (QED) is 0.191. The van der Waals surface area contributed by atoms with E-state index in [9.17, 15) is 14.7 Å². The molecule has 14 nitrogen and oxygen atoms in total. The molecule has 2 fully saturated rings. The first-order valence-electron chi connectivity index (χ1n) is 15.4. The molecule has 2 aliphatic rings. The summed E-state index contributed by atoms with van der Waals surface area (Å²) >= 11 is 0. The molecule has 4 aromatic rings. The van der Waals surface area contributed by atoms with E-state index < -0.39 is 17.2 Å². The van der Waals surface area contributed by atoms with Crippen LogP contribution in [0.2, 0.25) is 0 Å². The molecule has 5 N–H and O–H groups in total. The molecule has 0 radical (unpaired) electrons. The van der Waals surface area contributed by atoms with E-state index in [0.29, 0.717) is 67.9 Å². The maximum atomic E-state index is 15.3. The Morgan fingerprint density at radius 3 is 2.38 bits per heavy atom. The molecule has 0 spiro atoms. The predicted octanol–water partition coefficient (Wildman–Crippen LogP) is 2.72. The van der Waals surface area contributed by atoms with Crippen molar-refractivity contribution in [1.29, 1.82) is 0 Å². The van der Waals surface area contributed by atoms with Crippen LogP contribution in [0.15, 0.2) is 35.4 Å². The number of aromatic carboxylic acids is 1. The lowest BCUT2D eigenvalue weighted by Gasteiger charge is -2.35. The highest BCUT2D eigenvalue weighted by Gasteiger charge is 2.29. The molecule has 0 atom stereocenters. The number of nitrogen functional groups attached to an aromatic ring is 2. The molecule has 1 aliphatic carbocycles. The number of carboxylic acids is 1. The Bertz CT molecular complexity index is 1850. The zero-order valence-electron chi connectivity index (χ0n) is 26.2. The average Bonchev–Trinajstić information content (AvgIpc) is 3.90. The number of methoxy groups -OCH3 is 2. The number of carbonyl (C=O) groups is 1. The standard InChI is InChI=1S/C32H37FN8O6/c1-45-24-13-18(12-19-16-36-32(35)37-28(19)34)14-25(46-2)27(24)47-11-3-6-39-7-9-40(10-8-39)30-23(33)15-21-26(42)22(31(43)44)17-41(20-4-5-20)29(21)38-30/h13-17,20H,3-12H2,1-2H3,(H,43,44)(H4,34,35,36,37). The third-order valence-electron chi connectivity index (χ3n) is 8.48. The van der Waals surface area contributed by atoms with Gasteiger partial charge in [0.1, 0.15) is 17.0 Å². The van der Waals surface area contributed by atoms with Crippen LogP contribution in [-0.4, -0.2) is 89.0 Å². The van der Waals surface area contributed by atoms with Crippen LogP contribution >= 0.6 is 0 Å². The van der Waals surface area contributed by atoms with Crippen molar-refractivity contribution in [1.82, 2.24) is 24.4 Å². The first kappa shape index (κ1) is 31.8. The van der Waals surface area contributed by atoms with E-state index in [2.05, 4.69) is 19.9 Å². The fourth-order valence-corrected chi connectivity index (χ4v) is 5.86. The van der Waals surface area contributed by atoms with Crippen LogP contribution < -0.4 is 36.0 Å². The number of benzene rings is 1. The molecule has 0 unspecified atom stereocenters. The summed E-state index contributed by atoms with van der Waals surface area (Å²) in [5.74, 6) is 0.184. The van der Waals surface area contributed by atoms with Gasteiger partial charge in [-0.05, 0) is 43.0 Å². The summed E-state index contributed by atoms with van der Waals surface area (Å²) in [6, 6.07) is 4.92. The summed E-state index contributed by atoms with van der Waals surface area (Å²) in [5, 5.41) is 9.47. The molecule has 1 saturated heterocycles. The third kappa shape index (κ3) is 6.70. The summed E-state index contributed by atoms with van der Waals surface area (Å²) in [6.45, 7) is 3.65. The van der Waals surface area contributed by atoms with Crippen molar-refractivity contribution in [2.24, 2.45) is 0 Å². The van der Waals surface area contributed by atoms with Gasteiger partial charge in [0, 0.05) is 63.1 Å². The van der Waals surface area contributed by atoms with Crippen molar-refractivity contribution < 1.29 is 28.5 Å². The molecule has 0 bridgehead atoms. The van der Waals surface area contributed by atoms with Gasteiger partial charge in [0.15, 0.2) is 23.1 Å². The van der Waals surface area contributed by atoms with E-state index in [1.165, 1.54) is 6.20 Å². The molecule has 3 aromatic heterocycles. The molecule has 1 aliphatic heterocycles. The largest absolute Gasteiger partial charge is 0.493 e. The normalized spacial score (nSPS) is 15.2. The Morgan fingerprint density at radius 2 is 1.77 bits per heavy atom. The van der Waals surface area contributed by atoms with Gasteiger partial charge in [-0.2, -0.15) is 4.98 Å². The number of aromatic nitrogens is 4. The van der Waals surface area contributed by atoms with Gasteiger partial charge >= 0.3 is 5.97 Å². The highest BCUT2D eigenvalue weighted by molar-refractivity contribution is 5.92. The van der Waals surface area contributed by atoms with Gasteiger partial charge < -0.3 is 40.3 Å². The Hall–Kier alpha value is -5.18. The highest BCUT2D eigenvalue weighted by Crippen LogP contribution is 2.40. The second-order valence-corrected chi connectivity index (χ2v) is 11.7. The van der Waals surface area contributed by atoms with Crippen molar-refractivity contribution in [3.05, 3.63) is 63.3 Å². The lowest BCUT2D eigenvalue weighted by atomic mass is 10.1. The Morgan fingerprint density at radius 1 is 1.06 bits per heavy atom. The molecule has 1 aromatic carbocycles. The predicted molar refractivity (Wildman–Crippen MR) is 173 cm³/mol. The molecular weight excluding hydrogens is 611 g/mol. The third-order valence-corrected chi connectivity index (χ3v) is 8.48. The van der Waals surface area contributed by atoms with E-state index in [0.717, 1.165) is 43.0 Å². The van der Waals surface area contributed by atoms with Gasteiger partial charge in [-0.3, -0.25) is 9.69 Å². The Labute approximate surface area is 269 Å². The van der Waals surface area contributed by atoms with Crippen LogP contribution in [-0.2, 0) is 6.42 Å². The molecule has 1 saturated carbocycles. The number of piperazine rings is 1. The van der Waals surface area contributed by atoms with Gasteiger partial charge in [0.05, 0.1) is 26.2 Å². The van der Waals surface area contributed by atoms with Gasteiger partial charge in [0.2, 0.25) is 17.1 Å². The summed E-state index contributed by atoms with van der Waals surface area (Å²) in [6.07, 6.45) is 5.84. The van der Waals surface area contributed by atoms with Crippen LogP contribution in [0.4, 0.5) is 22.0 Å². The van der Waals surface area contributed by atoms with E-state index >= 15 is 4.39 Å². The van der Waals surface area contributed by atoms with Gasteiger partial charge in [-0.1, -0.05) is 0 Å². The molecule has 15 heteroatoms. The molecule has 4 heterocycles. The summed E-state index contributed by atoms with van der Waals surface area (Å²) in [5.41, 5.74) is 12.5. The van der Waals surface area contributed by atoms with Crippen molar-refractivity contribution in [3.63, 3.8) is 0 Å². The van der Waals surface area contributed by atoms with Crippen molar-refractivity contribution in [2.75, 3.05) is 69.9 Å². The number of pyridine rings is 2. The molecular formula is C32H37FN8O6. The summed E-state index contributed by atoms with van der Waals surface area (Å²) in [4.78, 5) is 41.2. The second-order valence-electron chi connectivity index (χ2n) is 11.7. The zero-order chi connectivity index (χ0) is 33.2. The average molecular weight is 649 g/mol. The number of nitrogens with zero attached hydrogens (tertiary/aromatic N) is 6. The lowest BCUT2D eigenvalue weighted by Crippen LogP contribution is -2.47. The number of rotatable bonds is 12.